The first-order valence-electron chi connectivity index (χ1n) is 21.4. The van der Waals surface area contributed by atoms with Gasteiger partial charge in [0.25, 0.3) is 11.8 Å². The normalized spacial score (nSPS) is 16.1. The summed E-state index contributed by atoms with van der Waals surface area (Å²) in [5.74, 6) is -2.44. The molecule has 3 amide bonds. The van der Waals surface area contributed by atoms with E-state index < -0.39 is 60.7 Å². The van der Waals surface area contributed by atoms with E-state index in [0.717, 1.165) is 44.0 Å². The number of amides is 3. The quantitative estimate of drug-likeness (QED) is 0.0250. The molecule has 5 aromatic carbocycles. The van der Waals surface area contributed by atoms with Crippen LogP contribution in [0.2, 0.25) is 0 Å². The highest BCUT2D eigenvalue weighted by atomic mass is 32.2. The Kier molecular flexibility index (Phi) is 14.4. The maximum atomic E-state index is 15.3. The lowest BCUT2D eigenvalue weighted by Crippen LogP contribution is -2.71. The van der Waals surface area contributed by atoms with Gasteiger partial charge in [0.15, 0.2) is 16.9 Å². The van der Waals surface area contributed by atoms with Crippen LogP contribution in [0.3, 0.4) is 0 Å². The summed E-state index contributed by atoms with van der Waals surface area (Å²) in [5.41, 5.74) is 1.24. The topological polar surface area (TPSA) is 166 Å². The molecular formula is C51H47N5O8PS2+. The minimum atomic E-state index is -2.59. The van der Waals surface area contributed by atoms with Gasteiger partial charge in [-0.05, 0) is 68.3 Å². The van der Waals surface area contributed by atoms with Gasteiger partial charge in [0.1, 0.15) is 51.6 Å². The number of carbonyl (C=O) groups excluding carboxylic acids is 5. The van der Waals surface area contributed by atoms with E-state index in [9.17, 15) is 19.2 Å². The van der Waals surface area contributed by atoms with E-state index in [2.05, 4.69) is 57.2 Å². The number of nitrogens with zero attached hydrogens (tertiary/aromatic N) is 3. The van der Waals surface area contributed by atoms with Crippen LogP contribution in [0.25, 0.3) is 0 Å². The lowest BCUT2D eigenvalue weighted by molar-refractivity contribution is -0.160. The van der Waals surface area contributed by atoms with Gasteiger partial charge < -0.3 is 24.9 Å². The summed E-state index contributed by atoms with van der Waals surface area (Å²) in [6.07, 6.45) is 0.0409. The van der Waals surface area contributed by atoms with Gasteiger partial charge >= 0.3 is 11.9 Å². The summed E-state index contributed by atoms with van der Waals surface area (Å²) in [4.78, 5) is 78.9. The Morgan fingerprint density at radius 1 is 0.821 bits per heavy atom. The van der Waals surface area contributed by atoms with Crippen molar-refractivity contribution >= 4 is 87.3 Å². The van der Waals surface area contributed by atoms with Crippen LogP contribution in [0.5, 0.6) is 0 Å². The number of fused-ring (bicyclic) bond motifs is 1. The molecular weight excluding hydrogens is 906 g/mol. The van der Waals surface area contributed by atoms with E-state index in [1.807, 2.05) is 115 Å². The third-order valence-corrected chi connectivity index (χ3v) is 17.4. The maximum Gasteiger partial charge on any atom is 0.356 e. The highest BCUT2D eigenvalue weighted by molar-refractivity contribution is 8.00. The lowest BCUT2D eigenvalue weighted by Gasteiger charge is -2.50. The van der Waals surface area contributed by atoms with Crippen LogP contribution in [0.4, 0.5) is 5.13 Å². The van der Waals surface area contributed by atoms with Crippen LogP contribution in [0.1, 0.15) is 43.7 Å². The number of thiazole rings is 1. The second kappa shape index (κ2) is 20.7. The van der Waals surface area contributed by atoms with E-state index in [1.165, 1.54) is 22.0 Å². The maximum absolute atomic E-state index is 15.3. The van der Waals surface area contributed by atoms with E-state index in [-0.39, 0.29) is 22.2 Å². The van der Waals surface area contributed by atoms with Crippen LogP contribution in [0, 0.1) is 0 Å². The average molecular weight is 953 g/mol. The molecule has 16 heteroatoms. The number of aromatic nitrogens is 1. The predicted octanol–water partition coefficient (Wildman–Crippen LogP) is 6.75. The number of thioether (sulfide) groups is 1. The van der Waals surface area contributed by atoms with E-state index in [1.54, 1.807) is 20.8 Å². The SMILES string of the molecule is CC(C)(C)OC(=O)CON=C(C(=O)NC1C(=O)N2C(C(=O)OC(c3ccccc3)c3ccccc3)=C(C[P+](c3ccccc3)(c3ccccc3)c3ccccc3)CS[C@H]12)c1csc(NC=O)n1. The molecule has 1 aromatic heterocycles. The number of β-lactam (4-membered cyclic amide) rings is 1. The first-order chi connectivity index (χ1) is 32.5. The molecule has 0 saturated carbocycles. The molecule has 67 heavy (non-hydrogen) atoms. The monoisotopic (exact) mass is 952 g/mol. The highest BCUT2D eigenvalue weighted by Crippen LogP contribution is 2.58. The Balaban J connectivity index is 1.19. The summed E-state index contributed by atoms with van der Waals surface area (Å²) >= 11 is 2.46. The van der Waals surface area contributed by atoms with Crippen LogP contribution in [-0.2, 0) is 38.3 Å². The fraction of sp³-hybridized carbons (Fsp3) is 0.196. The highest BCUT2D eigenvalue weighted by Gasteiger charge is 2.57. The molecule has 340 valence electrons. The number of hydrogen-bond donors (Lipinski definition) is 2. The van der Waals surface area contributed by atoms with Crippen molar-refractivity contribution in [3.05, 3.63) is 185 Å². The Hall–Kier alpha value is -6.93. The molecule has 1 unspecified atom stereocenters. The van der Waals surface area contributed by atoms with E-state index >= 15 is 4.79 Å². The van der Waals surface area contributed by atoms with Crippen LogP contribution >= 0.6 is 30.4 Å². The number of hydrogen-bond acceptors (Lipinski definition) is 12. The van der Waals surface area contributed by atoms with Crippen molar-refractivity contribution in [2.75, 3.05) is 23.8 Å². The summed E-state index contributed by atoms with van der Waals surface area (Å²) in [6.45, 7) is 4.49. The minimum absolute atomic E-state index is 0.0262. The fourth-order valence-electron chi connectivity index (χ4n) is 8.03. The van der Waals surface area contributed by atoms with Crippen LogP contribution in [-0.4, -0.2) is 81.3 Å². The van der Waals surface area contributed by atoms with Crippen molar-refractivity contribution in [3.8, 4) is 0 Å². The van der Waals surface area contributed by atoms with Crippen molar-refractivity contribution in [1.82, 2.24) is 15.2 Å². The molecule has 1 fully saturated rings. The third kappa shape index (κ3) is 10.4. The molecule has 0 spiro atoms. The fourth-order valence-corrected chi connectivity index (χ4v) is 14.5. The smallest absolute Gasteiger partial charge is 0.356 e. The molecule has 6 aromatic rings. The van der Waals surface area contributed by atoms with Gasteiger partial charge in [0, 0.05) is 16.7 Å². The average Bonchev–Trinajstić information content (AvgIpc) is 3.81. The molecule has 2 aliphatic heterocycles. The first-order valence-corrected chi connectivity index (χ1v) is 25.3. The second-order valence-electron chi connectivity index (χ2n) is 16.5. The zero-order valence-electron chi connectivity index (χ0n) is 36.8. The van der Waals surface area contributed by atoms with Crippen LogP contribution < -0.4 is 26.5 Å². The zero-order chi connectivity index (χ0) is 47.0. The van der Waals surface area contributed by atoms with Crippen molar-refractivity contribution in [3.63, 3.8) is 0 Å². The number of nitrogens with one attached hydrogen (secondary N) is 2. The van der Waals surface area contributed by atoms with E-state index in [4.69, 9.17) is 14.3 Å². The molecule has 0 radical (unpaired) electrons. The van der Waals surface area contributed by atoms with Gasteiger partial charge in [0.05, 0.1) is 6.16 Å². The van der Waals surface area contributed by atoms with Crippen molar-refractivity contribution < 1.29 is 38.3 Å². The number of anilines is 1. The molecule has 13 nitrogen and oxygen atoms in total. The van der Waals surface area contributed by atoms with Gasteiger partial charge in [-0.25, -0.2) is 14.6 Å². The van der Waals surface area contributed by atoms with Crippen molar-refractivity contribution in [1.29, 1.82) is 0 Å². The molecule has 0 aliphatic carbocycles. The summed E-state index contributed by atoms with van der Waals surface area (Å²) in [7, 11) is -2.59. The third-order valence-electron chi connectivity index (χ3n) is 10.9. The van der Waals surface area contributed by atoms with Gasteiger partial charge in [-0.15, -0.1) is 23.1 Å². The number of oxime groups is 1. The van der Waals surface area contributed by atoms with Gasteiger partial charge in [-0.1, -0.05) is 120 Å². The Morgan fingerprint density at radius 2 is 1.34 bits per heavy atom. The van der Waals surface area contributed by atoms with Crippen molar-refractivity contribution in [2.24, 2.45) is 5.16 Å². The summed E-state index contributed by atoms with van der Waals surface area (Å²) < 4.78 is 11.9. The molecule has 1 saturated heterocycles. The summed E-state index contributed by atoms with van der Waals surface area (Å²) in [5, 5.41) is 13.4. The minimum Gasteiger partial charge on any atom is -0.457 e. The lowest BCUT2D eigenvalue weighted by atomic mass is 10.0. The first kappa shape index (κ1) is 46.6. The number of carbonyl (C=O) groups is 5. The molecule has 2 N–H and O–H groups in total. The molecule has 2 atom stereocenters. The number of esters is 2. The summed E-state index contributed by atoms with van der Waals surface area (Å²) in [6, 6.07) is 48.6. The number of ether oxygens (including phenoxy) is 2. The largest absolute Gasteiger partial charge is 0.457 e. The number of benzene rings is 5. The number of rotatable bonds is 17. The van der Waals surface area contributed by atoms with Gasteiger partial charge in [-0.2, -0.15) is 0 Å². The molecule has 8 rings (SSSR count). The Morgan fingerprint density at radius 3 is 1.85 bits per heavy atom. The molecule has 3 heterocycles. The zero-order valence-corrected chi connectivity index (χ0v) is 39.3. The second-order valence-corrected chi connectivity index (χ2v) is 21.9. The molecule has 0 bridgehead atoms. The molecule has 2 aliphatic rings. The van der Waals surface area contributed by atoms with E-state index in [0.29, 0.717) is 18.3 Å². The van der Waals surface area contributed by atoms with Gasteiger partial charge in [-0.3, -0.25) is 19.3 Å². The Bertz CT molecular complexity index is 2650. The van der Waals surface area contributed by atoms with Gasteiger partial charge in [0.2, 0.25) is 13.0 Å². The predicted molar refractivity (Wildman–Crippen MR) is 263 cm³/mol. The standard InChI is InChI=1S/C51H46N5O8PS2/c1-51(2,3)64-41(58)29-62-55-42(40-32-67-50(53-40)52-33-57)46(59)54-43-47(60)56-44(49(61)63-45(34-19-9-4-10-20-34)35-21-11-5-12-22-35)36(31-66-48(43)56)30-65(37-23-13-6-14-24-37,38-25-15-7-16-26-38)39-27-17-8-18-28-39/h4-28,32-33,43,45,48H,29-31H2,1-3H3,(H-,52,53,54,57,59)/p+1/t43?,48-/m1/s1. The Labute approximate surface area is 397 Å². The van der Waals surface area contributed by atoms with Crippen LogP contribution in [0.15, 0.2) is 173 Å². The van der Waals surface area contributed by atoms with Crippen molar-refractivity contribution in [2.45, 2.75) is 43.9 Å².